The predicted octanol–water partition coefficient (Wildman–Crippen LogP) is 1.96. The smallest absolute Gasteiger partial charge is 0.262 e. The molecule has 118 valence electrons. The van der Waals surface area contributed by atoms with E-state index in [-0.39, 0.29) is 11.0 Å². The summed E-state index contributed by atoms with van der Waals surface area (Å²) in [5, 5.41) is 11.8. The zero-order valence-electron chi connectivity index (χ0n) is 12.8. The van der Waals surface area contributed by atoms with E-state index in [2.05, 4.69) is 15.5 Å². The largest absolute Gasteiger partial charge is 0.497 e. The Labute approximate surface area is 135 Å². The summed E-state index contributed by atoms with van der Waals surface area (Å²) in [5.74, 6) is 0.0541. The van der Waals surface area contributed by atoms with Gasteiger partial charge >= 0.3 is 0 Å². The second kappa shape index (κ2) is 5.81. The highest BCUT2D eigenvalue weighted by Crippen LogP contribution is 2.19. The minimum absolute atomic E-state index is 0.0427. The summed E-state index contributed by atoms with van der Waals surface area (Å²) in [6, 6.07) is 5.18. The van der Waals surface area contributed by atoms with Gasteiger partial charge in [-0.2, -0.15) is 0 Å². The molecule has 0 atom stereocenters. The predicted molar refractivity (Wildman–Crippen MR) is 88.3 cm³/mol. The summed E-state index contributed by atoms with van der Waals surface area (Å²) in [4.78, 5) is 25.0. The molecule has 8 heteroatoms. The first-order valence-electron chi connectivity index (χ1n) is 6.78. The first-order valence-corrected chi connectivity index (χ1v) is 7.60. The van der Waals surface area contributed by atoms with Crippen LogP contribution < -0.4 is 15.5 Å². The van der Waals surface area contributed by atoms with Gasteiger partial charge in [-0.1, -0.05) is 11.3 Å². The van der Waals surface area contributed by atoms with Crippen molar-refractivity contribution in [3.8, 4) is 5.75 Å². The number of amides is 1. The number of aromatic nitrogens is 3. The number of fused-ring (bicyclic) bond motifs is 1. The molecule has 2 heterocycles. The lowest BCUT2D eigenvalue weighted by Crippen LogP contribution is -2.23. The van der Waals surface area contributed by atoms with E-state index in [9.17, 15) is 9.59 Å². The van der Waals surface area contributed by atoms with Crippen LogP contribution in [0.2, 0.25) is 0 Å². The molecule has 1 amide bonds. The van der Waals surface area contributed by atoms with Crippen LogP contribution in [-0.4, -0.2) is 27.8 Å². The molecular formula is C15H14N4O3S. The average Bonchev–Trinajstić information content (AvgIpc) is 2.95. The third-order valence-corrected chi connectivity index (χ3v) is 4.14. The number of benzene rings is 1. The lowest BCUT2D eigenvalue weighted by atomic mass is 10.1. The number of pyridine rings is 1. The van der Waals surface area contributed by atoms with Crippen LogP contribution >= 0.6 is 11.3 Å². The highest BCUT2D eigenvalue weighted by Gasteiger charge is 2.16. The maximum absolute atomic E-state index is 12.6. The van der Waals surface area contributed by atoms with Crippen LogP contribution in [0.5, 0.6) is 5.75 Å². The topological polar surface area (TPSA) is 86.1 Å². The Morgan fingerprint density at radius 2 is 2.13 bits per heavy atom. The van der Waals surface area contributed by atoms with Gasteiger partial charge < -0.3 is 9.30 Å². The summed E-state index contributed by atoms with van der Waals surface area (Å²) in [5.41, 5.74) is 0.413. The summed E-state index contributed by atoms with van der Waals surface area (Å²) in [6.07, 6.45) is 1.51. The first-order chi connectivity index (χ1) is 11.0. The van der Waals surface area contributed by atoms with Gasteiger partial charge in [0.1, 0.15) is 16.3 Å². The fourth-order valence-electron chi connectivity index (χ4n) is 2.27. The van der Waals surface area contributed by atoms with Crippen LogP contribution in [0.4, 0.5) is 5.13 Å². The number of carbonyl (C=O) groups excluding carboxylic acids is 1. The van der Waals surface area contributed by atoms with Gasteiger partial charge in [-0.3, -0.25) is 14.9 Å². The molecule has 0 unspecified atom stereocenters. The Kier molecular flexibility index (Phi) is 3.83. The van der Waals surface area contributed by atoms with Crippen LogP contribution in [0.3, 0.4) is 0 Å². The number of nitrogens with zero attached hydrogens (tertiary/aromatic N) is 3. The molecule has 23 heavy (non-hydrogen) atoms. The van der Waals surface area contributed by atoms with Crippen molar-refractivity contribution in [3.63, 3.8) is 0 Å². The second-order valence-corrected chi connectivity index (χ2v) is 6.13. The zero-order valence-corrected chi connectivity index (χ0v) is 13.6. The third-order valence-electron chi connectivity index (χ3n) is 3.39. The molecule has 1 N–H and O–H groups in total. The Hall–Kier alpha value is -2.74. The Balaban J connectivity index is 2.08. The van der Waals surface area contributed by atoms with Crippen LogP contribution in [0.15, 0.2) is 29.2 Å². The molecule has 0 bridgehead atoms. The molecule has 3 rings (SSSR count). The van der Waals surface area contributed by atoms with E-state index >= 15 is 0 Å². The minimum atomic E-state index is -0.508. The number of methoxy groups -OCH3 is 1. The van der Waals surface area contributed by atoms with Crippen LogP contribution in [0.25, 0.3) is 10.9 Å². The van der Waals surface area contributed by atoms with Gasteiger partial charge in [0, 0.05) is 13.2 Å². The van der Waals surface area contributed by atoms with Gasteiger partial charge in [0.25, 0.3) is 5.91 Å². The average molecular weight is 330 g/mol. The maximum atomic E-state index is 12.6. The highest BCUT2D eigenvalue weighted by atomic mass is 32.1. The lowest BCUT2D eigenvalue weighted by molar-refractivity contribution is 0.102. The van der Waals surface area contributed by atoms with E-state index in [4.69, 9.17) is 4.74 Å². The third kappa shape index (κ3) is 2.80. The van der Waals surface area contributed by atoms with Crippen molar-refractivity contribution >= 4 is 33.3 Å². The number of carbonyl (C=O) groups is 1. The van der Waals surface area contributed by atoms with Gasteiger partial charge in [-0.05, 0) is 25.1 Å². The fraction of sp³-hybridized carbons (Fsp3) is 0.200. The van der Waals surface area contributed by atoms with Gasteiger partial charge in [0.2, 0.25) is 10.6 Å². The molecule has 0 aliphatic heterocycles. The highest BCUT2D eigenvalue weighted by molar-refractivity contribution is 7.15. The number of hydrogen-bond donors (Lipinski definition) is 1. The van der Waals surface area contributed by atoms with Crippen molar-refractivity contribution in [3.05, 3.63) is 45.2 Å². The minimum Gasteiger partial charge on any atom is -0.497 e. The lowest BCUT2D eigenvalue weighted by Gasteiger charge is -2.09. The van der Waals surface area contributed by atoms with Crippen molar-refractivity contribution in [2.45, 2.75) is 6.92 Å². The summed E-state index contributed by atoms with van der Waals surface area (Å²) >= 11 is 1.25. The van der Waals surface area contributed by atoms with Crippen molar-refractivity contribution < 1.29 is 9.53 Å². The van der Waals surface area contributed by atoms with E-state index in [1.807, 2.05) is 0 Å². The molecule has 0 radical (unpaired) electrons. The van der Waals surface area contributed by atoms with Crippen LogP contribution in [0, 0.1) is 6.92 Å². The van der Waals surface area contributed by atoms with Crippen LogP contribution in [-0.2, 0) is 7.05 Å². The molecule has 0 aliphatic rings. The number of rotatable bonds is 3. The molecule has 0 saturated heterocycles. The van der Waals surface area contributed by atoms with Gasteiger partial charge in [0.05, 0.1) is 18.0 Å². The molecule has 0 spiro atoms. The van der Waals surface area contributed by atoms with E-state index in [0.717, 1.165) is 10.5 Å². The normalized spacial score (nSPS) is 10.7. The molecule has 2 aromatic heterocycles. The van der Waals surface area contributed by atoms with Gasteiger partial charge in [-0.15, -0.1) is 10.2 Å². The van der Waals surface area contributed by atoms with Gasteiger partial charge in [-0.25, -0.2) is 0 Å². The van der Waals surface area contributed by atoms with Crippen molar-refractivity contribution in [1.82, 2.24) is 14.8 Å². The summed E-state index contributed by atoms with van der Waals surface area (Å²) < 4.78 is 6.88. The van der Waals surface area contributed by atoms with E-state index in [0.29, 0.717) is 16.3 Å². The number of anilines is 1. The monoisotopic (exact) mass is 330 g/mol. The van der Waals surface area contributed by atoms with Crippen molar-refractivity contribution in [1.29, 1.82) is 0 Å². The Morgan fingerprint density at radius 3 is 2.78 bits per heavy atom. The van der Waals surface area contributed by atoms with E-state index in [1.54, 1.807) is 36.7 Å². The molecule has 0 aliphatic carbocycles. The first kappa shape index (κ1) is 15.2. The summed E-state index contributed by atoms with van der Waals surface area (Å²) in [7, 11) is 3.31. The molecule has 1 aromatic carbocycles. The Morgan fingerprint density at radius 1 is 1.35 bits per heavy atom. The molecular weight excluding hydrogens is 316 g/mol. The van der Waals surface area contributed by atoms with Crippen molar-refractivity contribution in [2.24, 2.45) is 7.05 Å². The maximum Gasteiger partial charge on any atom is 0.262 e. The van der Waals surface area contributed by atoms with Gasteiger partial charge in [0.15, 0.2) is 0 Å². The molecule has 0 saturated carbocycles. The van der Waals surface area contributed by atoms with Crippen LogP contribution in [0.1, 0.15) is 15.4 Å². The summed E-state index contributed by atoms with van der Waals surface area (Å²) in [6.45, 7) is 1.79. The zero-order chi connectivity index (χ0) is 16.6. The SMILES string of the molecule is COc1ccc2c(c1)c(=O)c(C(=O)Nc1nnc(C)s1)cn2C. The quantitative estimate of drug-likeness (QED) is 0.793. The molecule has 7 nitrogen and oxygen atoms in total. The Bertz CT molecular complexity index is 961. The number of nitrogens with one attached hydrogen (secondary N) is 1. The molecule has 3 aromatic rings. The number of hydrogen-bond acceptors (Lipinski definition) is 6. The fourth-order valence-corrected chi connectivity index (χ4v) is 2.86. The molecule has 0 fully saturated rings. The number of ether oxygens (including phenoxy) is 1. The standard InChI is InChI=1S/C15H14N4O3S/c1-8-17-18-15(23-8)16-14(21)11-7-19(2)12-5-4-9(22-3)6-10(12)13(11)20/h4-7H,1-3H3,(H,16,18,21). The van der Waals surface area contributed by atoms with E-state index in [1.165, 1.54) is 24.6 Å². The van der Waals surface area contributed by atoms with E-state index < -0.39 is 5.91 Å². The van der Waals surface area contributed by atoms with Crippen molar-refractivity contribution in [2.75, 3.05) is 12.4 Å². The number of aryl methyl sites for hydroxylation is 2. The second-order valence-electron chi connectivity index (χ2n) is 4.95.